The normalized spacial score (nSPS) is 11.7. The molecule has 0 aliphatic carbocycles. The smallest absolute Gasteiger partial charge is 0.225 e. The van der Waals surface area contributed by atoms with Gasteiger partial charge in [0.15, 0.2) is 11.0 Å². The Morgan fingerprint density at radius 3 is 1.97 bits per heavy atom. The van der Waals surface area contributed by atoms with E-state index in [4.69, 9.17) is 0 Å². The minimum absolute atomic E-state index is 0.413. The van der Waals surface area contributed by atoms with Crippen molar-refractivity contribution in [2.24, 2.45) is 7.05 Å². The number of para-hydroxylation sites is 1. The molecule has 1 heterocycles. The van der Waals surface area contributed by atoms with Gasteiger partial charge in [0.2, 0.25) is 0 Å². The van der Waals surface area contributed by atoms with Gasteiger partial charge in [0.1, 0.15) is 5.69 Å². The van der Waals surface area contributed by atoms with Crippen LogP contribution < -0.4 is 4.57 Å². The number of hydrogen-bond acceptors (Lipinski definition) is 0. The van der Waals surface area contributed by atoms with Crippen molar-refractivity contribution >= 4 is 11.0 Å². The topological polar surface area (TPSA) is 8.81 Å². The van der Waals surface area contributed by atoms with E-state index in [0.29, 0.717) is 11.8 Å². The van der Waals surface area contributed by atoms with Crippen molar-refractivity contribution in [1.29, 1.82) is 0 Å². The van der Waals surface area contributed by atoms with Gasteiger partial charge in [-0.05, 0) is 66.1 Å². The summed E-state index contributed by atoms with van der Waals surface area (Å²) in [6.45, 7) is 13.6. The minimum atomic E-state index is 0.413. The standard InChI is InChI=1S/C34H37N2/c1-22(2)28-14-11-15-29(23(3)4)33(28)36-31-19-16-24(5)20-32(31)35(7)34(36)30-21-27(18-17-25(30)6)26-12-9-8-10-13-26/h8-23H,1-7H3/q+1. The predicted octanol–water partition coefficient (Wildman–Crippen LogP) is 8.65. The summed E-state index contributed by atoms with van der Waals surface area (Å²) in [7, 11) is 2.22. The summed E-state index contributed by atoms with van der Waals surface area (Å²) < 4.78 is 4.93. The zero-order valence-corrected chi connectivity index (χ0v) is 22.6. The number of fused-ring (bicyclic) bond motifs is 1. The summed E-state index contributed by atoms with van der Waals surface area (Å²) in [4.78, 5) is 0. The van der Waals surface area contributed by atoms with Gasteiger partial charge in [0, 0.05) is 11.1 Å². The molecule has 0 radical (unpaired) electrons. The maximum absolute atomic E-state index is 2.54. The van der Waals surface area contributed by atoms with Crippen LogP contribution in [0.3, 0.4) is 0 Å². The van der Waals surface area contributed by atoms with Crippen molar-refractivity contribution in [2.45, 2.75) is 53.4 Å². The van der Waals surface area contributed by atoms with E-state index in [0.717, 1.165) is 0 Å². The molecule has 0 fully saturated rings. The lowest BCUT2D eigenvalue weighted by Crippen LogP contribution is -2.30. The summed E-state index contributed by atoms with van der Waals surface area (Å²) in [5, 5.41) is 0. The van der Waals surface area contributed by atoms with Crippen LogP contribution in [0.1, 0.15) is 61.8 Å². The maximum Gasteiger partial charge on any atom is 0.295 e. The van der Waals surface area contributed by atoms with Gasteiger partial charge in [-0.3, -0.25) is 0 Å². The Morgan fingerprint density at radius 1 is 0.667 bits per heavy atom. The van der Waals surface area contributed by atoms with Crippen LogP contribution in [0.2, 0.25) is 0 Å². The molecule has 0 bridgehead atoms. The molecule has 0 saturated heterocycles. The van der Waals surface area contributed by atoms with Crippen molar-refractivity contribution in [1.82, 2.24) is 4.57 Å². The van der Waals surface area contributed by atoms with Crippen LogP contribution in [0.5, 0.6) is 0 Å². The second-order valence-corrected chi connectivity index (χ2v) is 10.7. The zero-order chi connectivity index (χ0) is 25.6. The lowest BCUT2D eigenvalue weighted by Gasteiger charge is -2.18. The van der Waals surface area contributed by atoms with Gasteiger partial charge in [-0.15, -0.1) is 0 Å². The molecule has 4 aromatic carbocycles. The Balaban J connectivity index is 1.93. The summed E-state index contributed by atoms with van der Waals surface area (Å²) in [6, 6.07) is 31.3. The van der Waals surface area contributed by atoms with Crippen LogP contribution in [0, 0.1) is 13.8 Å². The average molecular weight is 474 g/mol. The van der Waals surface area contributed by atoms with Crippen molar-refractivity contribution < 1.29 is 4.57 Å². The van der Waals surface area contributed by atoms with Crippen LogP contribution in [-0.2, 0) is 7.05 Å². The highest BCUT2D eigenvalue weighted by molar-refractivity contribution is 5.82. The number of benzene rings is 4. The van der Waals surface area contributed by atoms with Crippen molar-refractivity contribution in [3.8, 4) is 28.2 Å². The highest BCUT2D eigenvalue weighted by Gasteiger charge is 2.31. The van der Waals surface area contributed by atoms with E-state index in [1.165, 1.54) is 61.5 Å². The lowest BCUT2D eigenvalue weighted by molar-refractivity contribution is -0.633. The third kappa shape index (κ3) is 4.05. The van der Waals surface area contributed by atoms with E-state index < -0.39 is 0 Å². The van der Waals surface area contributed by atoms with Crippen LogP contribution in [0.4, 0.5) is 0 Å². The molecule has 1 aromatic heterocycles. The van der Waals surface area contributed by atoms with Crippen LogP contribution in [0.15, 0.2) is 84.9 Å². The molecule has 0 aliphatic heterocycles. The molecule has 2 heteroatoms. The molecular formula is C34H37N2+. The molecule has 36 heavy (non-hydrogen) atoms. The number of nitrogens with zero attached hydrogens (tertiary/aromatic N) is 2. The molecule has 5 aromatic rings. The van der Waals surface area contributed by atoms with Gasteiger partial charge in [-0.2, -0.15) is 4.57 Å². The van der Waals surface area contributed by atoms with Crippen LogP contribution in [-0.4, -0.2) is 4.57 Å². The summed E-state index contributed by atoms with van der Waals surface area (Å²) in [5.41, 5.74) is 12.9. The molecular weight excluding hydrogens is 436 g/mol. The molecule has 0 atom stereocenters. The lowest BCUT2D eigenvalue weighted by atomic mass is 9.92. The van der Waals surface area contributed by atoms with Crippen LogP contribution >= 0.6 is 0 Å². The summed E-state index contributed by atoms with van der Waals surface area (Å²) >= 11 is 0. The van der Waals surface area contributed by atoms with Crippen molar-refractivity contribution in [3.05, 3.63) is 107 Å². The van der Waals surface area contributed by atoms with E-state index in [9.17, 15) is 0 Å². The fourth-order valence-electron chi connectivity index (χ4n) is 5.44. The Hall–Kier alpha value is -3.65. The first-order chi connectivity index (χ1) is 17.3. The predicted molar refractivity (Wildman–Crippen MR) is 153 cm³/mol. The van der Waals surface area contributed by atoms with E-state index in [1.807, 2.05) is 0 Å². The third-order valence-corrected chi connectivity index (χ3v) is 7.41. The fourth-order valence-corrected chi connectivity index (χ4v) is 5.44. The number of aryl methyl sites for hydroxylation is 3. The van der Waals surface area contributed by atoms with Gasteiger partial charge < -0.3 is 0 Å². The molecule has 0 saturated carbocycles. The minimum Gasteiger partial charge on any atom is -0.225 e. The second-order valence-electron chi connectivity index (χ2n) is 10.7. The van der Waals surface area contributed by atoms with Gasteiger partial charge in [-0.25, -0.2) is 4.57 Å². The SMILES string of the molecule is Cc1ccc2c(c1)[n+](C)c(-c1cc(-c3ccccc3)ccc1C)n2-c1c(C(C)C)cccc1C(C)C. The highest BCUT2D eigenvalue weighted by Crippen LogP contribution is 2.38. The number of hydrogen-bond donors (Lipinski definition) is 0. The van der Waals surface area contributed by atoms with E-state index in [2.05, 4.69) is 143 Å². The molecule has 182 valence electrons. The van der Waals surface area contributed by atoms with Gasteiger partial charge in [-0.1, -0.05) is 94.4 Å². The Bertz CT molecular complexity index is 1530. The first-order valence-corrected chi connectivity index (χ1v) is 13.1. The van der Waals surface area contributed by atoms with Gasteiger partial charge in [0.25, 0.3) is 5.82 Å². The van der Waals surface area contributed by atoms with E-state index in [-0.39, 0.29) is 0 Å². The fraction of sp³-hybridized carbons (Fsp3) is 0.265. The monoisotopic (exact) mass is 473 g/mol. The molecule has 0 aliphatic rings. The number of aromatic nitrogens is 2. The third-order valence-electron chi connectivity index (χ3n) is 7.41. The molecule has 0 amide bonds. The first-order valence-electron chi connectivity index (χ1n) is 13.1. The Kier molecular flexibility index (Phi) is 6.30. The number of rotatable bonds is 5. The molecule has 2 nitrogen and oxygen atoms in total. The van der Waals surface area contributed by atoms with Crippen molar-refractivity contribution in [3.63, 3.8) is 0 Å². The van der Waals surface area contributed by atoms with Crippen molar-refractivity contribution in [2.75, 3.05) is 0 Å². The Morgan fingerprint density at radius 2 is 1.33 bits per heavy atom. The molecule has 5 rings (SSSR count). The number of imidazole rings is 1. The highest BCUT2D eigenvalue weighted by atomic mass is 15.2. The zero-order valence-electron chi connectivity index (χ0n) is 22.6. The molecule has 0 unspecified atom stereocenters. The second kappa shape index (κ2) is 9.43. The summed E-state index contributed by atoms with van der Waals surface area (Å²) in [5.74, 6) is 2.05. The first kappa shape index (κ1) is 24.1. The van der Waals surface area contributed by atoms with Gasteiger partial charge in [0.05, 0.1) is 12.6 Å². The Labute approximate surface area is 215 Å². The molecule has 0 spiro atoms. The largest absolute Gasteiger partial charge is 0.295 e. The quantitative estimate of drug-likeness (QED) is 0.226. The van der Waals surface area contributed by atoms with Gasteiger partial charge >= 0.3 is 0 Å². The van der Waals surface area contributed by atoms with Crippen LogP contribution in [0.25, 0.3) is 39.2 Å². The average Bonchev–Trinajstić information content (AvgIpc) is 3.15. The molecule has 0 N–H and O–H groups in total. The summed E-state index contributed by atoms with van der Waals surface area (Å²) in [6.07, 6.45) is 0. The maximum atomic E-state index is 2.54. The van der Waals surface area contributed by atoms with E-state index in [1.54, 1.807) is 0 Å². The van der Waals surface area contributed by atoms with E-state index >= 15 is 0 Å².